The molecular formula is C10H10BrN3O5. The number of pyridine rings is 1. The van der Waals surface area contributed by atoms with Crippen LogP contribution in [0, 0.1) is 10.1 Å². The van der Waals surface area contributed by atoms with E-state index in [2.05, 4.69) is 26.2 Å². The number of aliphatic carboxylic acids is 1. The molecule has 1 unspecified atom stereocenters. The van der Waals surface area contributed by atoms with Gasteiger partial charge in [0.25, 0.3) is 0 Å². The van der Waals surface area contributed by atoms with Gasteiger partial charge in [0.2, 0.25) is 0 Å². The van der Waals surface area contributed by atoms with Crippen molar-refractivity contribution in [3.05, 3.63) is 27.0 Å². The highest BCUT2D eigenvalue weighted by molar-refractivity contribution is 9.10. The molecule has 1 aliphatic rings. The second kappa shape index (κ2) is 5.10. The molecule has 1 aromatic heterocycles. The molecule has 0 amide bonds. The number of hydrogen-bond acceptors (Lipinski definition) is 6. The maximum atomic E-state index is 11.4. The number of carboxylic acids is 1. The fourth-order valence-electron chi connectivity index (χ4n) is 1.81. The number of nitrogens with zero attached hydrogens (tertiary/aromatic N) is 2. The van der Waals surface area contributed by atoms with Crippen LogP contribution in [0.4, 0.5) is 11.4 Å². The number of carboxylic acid groups (broad SMARTS) is 1. The zero-order valence-electron chi connectivity index (χ0n) is 9.63. The van der Waals surface area contributed by atoms with Crippen molar-refractivity contribution < 1.29 is 19.6 Å². The van der Waals surface area contributed by atoms with Crippen molar-refractivity contribution in [3.8, 4) is 0 Å². The zero-order chi connectivity index (χ0) is 14.0. The fourth-order valence-corrected chi connectivity index (χ4v) is 2.23. The van der Waals surface area contributed by atoms with Gasteiger partial charge in [-0.1, -0.05) is 0 Å². The second-order valence-electron chi connectivity index (χ2n) is 4.09. The van der Waals surface area contributed by atoms with Crippen molar-refractivity contribution in [1.82, 2.24) is 4.98 Å². The normalized spacial score (nSPS) is 22.2. The third-order valence-corrected chi connectivity index (χ3v) is 3.47. The van der Waals surface area contributed by atoms with Crippen LogP contribution in [0.15, 0.2) is 16.9 Å². The second-order valence-corrected chi connectivity index (χ2v) is 4.94. The Labute approximate surface area is 116 Å². The first-order chi connectivity index (χ1) is 8.96. The van der Waals surface area contributed by atoms with Crippen LogP contribution in [0.3, 0.4) is 0 Å². The minimum Gasteiger partial charge on any atom is -0.479 e. The van der Waals surface area contributed by atoms with E-state index in [-0.39, 0.29) is 31.0 Å². The van der Waals surface area contributed by atoms with Gasteiger partial charge in [-0.15, -0.1) is 0 Å². The summed E-state index contributed by atoms with van der Waals surface area (Å²) in [5.74, 6) is -1.11. The van der Waals surface area contributed by atoms with Gasteiger partial charge >= 0.3 is 11.7 Å². The molecule has 1 saturated heterocycles. The quantitative estimate of drug-likeness (QED) is 0.633. The highest BCUT2D eigenvalue weighted by Crippen LogP contribution is 2.35. The van der Waals surface area contributed by atoms with Crippen molar-refractivity contribution in [2.24, 2.45) is 0 Å². The number of rotatable bonds is 4. The smallest absolute Gasteiger partial charge is 0.331 e. The molecule has 2 heterocycles. The number of ether oxygens (including phenoxy) is 1. The van der Waals surface area contributed by atoms with Crippen LogP contribution in [0.5, 0.6) is 0 Å². The van der Waals surface area contributed by atoms with Crippen molar-refractivity contribution in [2.45, 2.75) is 12.0 Å². The van der Waals surface area contributed by atoms with E-state index < -0.39 is 16.4 Å². The molecule has 102 valence electrons. The Bertz CT molecular complexity index is 530. The standard InChI is InChI=1S/C10H10BrN3O5/c11-6-3-12-4-7(14(17)18)8(6)13-10(9(15)16)1-2-19-5-10/h3-4H,1-2,5H2,(H,12,13)(H,15,16). The number of halogens is 1. The molecule has 19 heavy (non-hydrogen) atoms. The Morgan fingerprint density at radius 2 is 2.37 bits per heavy atom. The lowest BCUT2D eigenvalue weighted by Crippen LogP contribution is -2.47. The van der Waals surface area contributed by atoms with E-state index >= 15 is 0 Å². The van der Waals surface area contributed by atoms with Gasteiger partial charge in [0, 0.05) is 19.2 Å². The Kier molecular flexibility index (Phi) is 3.67. The highest BCUT2D eigenvalue weighted by Gasteiger charge is 2.44. The van der Waals surface area contributed by atoms with Crippen LogP contribution in [0.25, 0.3) is 0 Å². The van der Waals surface area contributed by atoms with Crippen LogP contribution in [-0.2, 0) is 9.53 Å². The molecule has 0 radical (unpaired) electrons. The summed E-state index contributed by atoms with van der Waals surface area (Å²) in [5, 5.41) is 23.0. The van der Waals surface area contributed by atoms with E-state index in [1.807, 2.05) is 0 Å². The Hall–Kier alpha value is -1.74. The Morgan fingerprint density at radius 3 is 2.89 bits per heavy atom. The average molecular weight is 332 g/mol. The number of anilines is 1. The largest absolute Gasteiger partial charge is 0.479 e. The lowest BCUT2D eigenvalue weighted by molar-refractivity contribution is -0.384. The first kappa shape index (κ1) is 13.7. The predicted octanol–water partition coefficient (Wildman–Crippen LogP) is 1.41. The minimum atomic E-state index is -1.35. The molecule has 1 aromatic rings. The Morgan fingerprint density at radius 1 is 1.63 bits per heavy atom. The van der Waals surface area contributed by atoms with Gasteiger partial charge in [-0.05, 0) is 15.9 Å². The summed E-state index contributed by atoms with van der Waals surface area (Å²) in [6.07, 6.45) is 2.66. The lowest BCUT2D eigenvalue weighted by atomic mass is 9.98. The molecule has 0 aromatic carbocycles. The summed E-state index contributed by atoms with van der Waals surface area (Å²) in [5.41, 5.74) is -1.55. The van der Waals surface area contributed by atoms with Gasteiger partial charge in [0.15, 0.2) is 5.54 Å². The summed E-state index contributed by atoms with van der Waals surface area (Å²) in [7, 11) is 0. The van der Waals surface area contributed by atoms with E-state index in [0.29, 0.717) is 4.47 Å². The number of carbonyl (C=O) groups is 1. The maximum absolute atomic E-state index is 11.4. The van der Waals surface area contributed by atoms with E-state index in [0.717, 1.165) is 6.20 Å². The fraction of sp³-hybridized carbons (Fsp3) is 0.400. The lowest BCUT2D eigenvalue weighted by Gasteiger charge is -2.25. The third kappa shape index (κ3) is 2.51. The SMILES string of the molecule is O=C(O)C1(Nc2c(Br)cncc2[N+](=O)[O-])CCOC1. The molecule has 1 aliphatic heterocycles. The number of aromatic nitrogens is 1. The van der Waals surface area contributed by atoms with Crippen LogP contribution in [0.1, 0.15) is 6.42 Å². The molecule has 2 rings (SSSR count). The van der Waals surface area contributed by atoms with E-state index in [1.54, 1.807) is 0 Å². The number of nitrogens with one attached hydrogen (secondary N) is 1. The molecule has 9 heteroatoms. The molecule has 1 atom stereocenters. The molecule has 0 spiro atoms. The summed E-state index contributed by atoms with van der Waals surface area (Å²) in [6, 6.07) is 0. The molecule has 2 N–H and O–H groups in total. The zero-order valence-corrected chi connectivity index (χ0v) is 11.2. The first-order valence-corrected chi connectivity index (χ1v) is 6.13. The van der Waals surface area contributed by atoms with Crippen molar-refractivity contribution in [3.63, 3.8) is 0 Å². The van der Waals surface area contributed by atoms with Crippen molar-refractivity contribution in [2.75, 3.05) is 18.5 Å². The highest BCUT2D eigenvalue weighted by atomic mass is 79.9. The maximum Gasteiger partial charge on any atom is 0.331 e. The molecule has 0 bridgehead atoms. The molecular weight excluding hydrogens is 322 g/mol. The summed E-state index contributed by atoms with van der Waals surface area (Å²) >= 11 is 3.13. The first-order valence-electron chi connectivity index (χ1n) is 5.33. The Balaban J connectivity index is 2.42. The molecule has 0 saturated carbocycles. The average Bonchev–Trinajstić information content (AvgIpc) is 2.81. The van der Waals surface area contributed by atoms with Crippen LogP contribution >= 0.6 is 15.9 Å². The van der Waals surface area contributed by atoms with Gasteiger partial charge < -0.3 is 15.2 Å². The van der Waals surface area contributed by atoms with Gasteiger partial charge in [-0.25, -0.2) is 4.79 Å². The topological polar surface area (TPSA) is 115 Å². The van der Waals surface area contributed by atoms with Crippen molar-refractivity contribution in [1.29, 1.82) is 0 Å². The van der Waals surface area contributed by atoms with E-state index in [4.69, 9.17) is 4.74 Å². The summed E-state index contributed by atoms with van der Waals surface area (Å²) in [4.78, 5) is 25.4. The number of hydrogen-bond donors (Lipinski definition) is 2. The van der Waals surface area contributed by atoms with Crippen LogP contribution in [-0.4, -0.2) is 39.7 Å². The molecule has 1 fully saturated rings. The van der Waals surface area contributed by atoms with E-state index in [1.165, 1.54) is 6.20 Å². The summed E-state index contributed by atoms with van der Waals surface area (Å²) in [6.45, 7) is 0.240. The van der Waals surface area contributed by atoms with Crippen LogP contribution in [0.2, 0.25) is 0 Å². The van der Waals surface area contributed by atoms with Gasteiger partial charge in [-0.3, -0.25) is 15.1 Å². The molecule has 0 aliphatic carbocycles. The van der Waals surface area contributed by atoms with Gasteiger partial charge in [0.1, 0.15) is 11.9 Å². The van der Waals surface area contributed by atoms with E-state index in [9.17, 15) is 20.0 Å². The van der Waals surface area contributed by atoms with Gasteiger partial charge in [0.05, 0.1) is 16.0 Å². The monoisotopic (exact) mass is 331 g/mol. The van der Waals surface area contributed by atoms with Crippen molar-refractivity contribution >= 4 is 33.3 Å². The third-order valence-electron chi connectivity index (χ3n) is 2.87. The predicted molar refractivity (Wildman–Crippen MR) is 68.0 cm³/mol. The van der Waals surface area contributed by atoms with Crippen LogP contribution < -0.4 is 5.32 Å². The minimum absolute atomic E-state index is 0.0474. The van der Waals surface area contributed by atoms with Gasteiger partial charge in [-0.2, -0.15) is 0 Å². The number of nitro groups is 1. The molecule has 8 nitrogen and oxygen atoms in total. The summed E-state index contributed by atoms with van der Waals surface area (Å²) < 4.78 is 5.42.